The quantitative estimate of drug-likeness (QED) is 0.919. The predicted molar refractivity (Wildman–Crippen MR) is 84.6 cm³/mol. The van der Waals surface area contributed by atoms with E-state index in [9.17, 15) is 4.79 Å². The first-order valence-corrected chi connectivity index (χ1v) is 7.46. The summed E-state index contributed by atoms with van der Waals surface area (Å²) in [5.74, 6) is -0.0527. The summed E-state index contributed by atoms with van der Waals surface area (Å²) in [6, 6.07) is 6.34. The summed E-state index contributed by atoms with van der Waals surface area (Å²) >= 11 is 0. The van der Waals surface area contributed by atoms with Gasteiger partial charge in [-0.15, -0.1) is 0 Å². The first-order chi connectivity index (χ1) is 9.99. The van der Waals surface area contributed by atoms with Gasteiger partial charge in [-0.1, -0.05) is 11.6 Å². The molecule has 116 valence electrons. The molecule has 1 amide bonds. The molecule has 1 aromatic rings. The summed E-state index contributed by atoms with van der Waals surface area (Å²) in [6.07, 6.45) is 0. The molecule has 1 saturated heterocycles. The van der Waals surface area contributed by atoms with Crippen molar-refractivity contribution >= 4 is 11.6 Å². The summed E-state index contributed by atoms with van der Waals surface area (Å²) in [5, 5.41) is 1.92. The minimum absolute atomic E-state index is 0.0527. The zero-order chi connectivity index (χ0) is 15.4. The fourth-order valence-electron chi connectivity index (χ4n) is 2.30. The highest BCUT2D eigenvalue weighted by Gasteiger charge is 2.19. The molecular weight excluding hydrogens is 266 g/mol. The van der Waals surface area contributed by atoms with Crippen LogP contribution < -0.4 is 10.3 Å². The van der Waals surface area contributed by atoms with Gasteiger partial charge in [-0.3, -0.25) is 10.2 Å². The number of carbonyl (C=O) groups excluding carboxylic acids is 1. The number of hydrogen-bond donors (Lipinski definition) is 1. The van der Waals surface area contributed by atoms with E-state index in [-0.39, 0.29) is 5.91 Å². The van der Waals surface area contributed by atoms with Gasteiger partial charge >= 0.3 is 0 Å². The van der Waals surface area contributed by atoms with Crippen LogP contribution in [0.3, 0.4) is 0 Å². The lowest BCUT2D eigenvalue weighted by atomic mass is 10.1. The van der Waals surface area contributed by atoms with Gasteiger partial charge in [0.2, 0.25) is 0 Å². The molecule has 1 heterocycles. The summed E-state index contributed by atoms with van der Waals surface area (Å²) in [6.45, 7) is 9.01. The Morgan fingerprint density at radius 2 is 2.00 bits per heavy atom. The van der Waals surface area contributed by atoms with Crippen molar-refractivity contribution in [3.05, 3.63) is 29.3 Å². The lowest BCUT2D eigenvalue weighted by Gasteiger charge is -2.29. The molecule has 0 aromatic heterocycles. The van der Waals surface area contributed by atoms with Crippen LogP contribution in [0.25, 0.3) is 0 Å². The van der Waals surface area contributed by atoms with Crippen molar-refractivity contribution in [3.8, 4) is 0 Å². The monoisotopic (exact) mass is 291 g/mol. The van der Waals surface area contributed by atoms with Gasteiger partial charge in [-0.05, 0) is 32.9 Å². The number of nitrogens with zero attached hydrogens (tertiary/aromatic N) is 2. The van der Waals surface area contributed by atoms with E-state index >= 15 is 0 Å². The summed E-state index contributed by atoms with van der Waals surface area (Å²) in [7, 11) is 2.01. The highest BCUT2D eigenvalue weighted by atomic mass is 16.5. The Balaban J connectivity index is 2.20. The van der Waals surface area contributed by atoms with E-state index in [1.807, 2.05) is 37.2 Å². The molecule has 1 aliphatic rings. The van der Waals surface area contributed by atoms with E-state index in [2.05, 4.69) is 24.2 Å². The van der Waals surface area contributed by atoms with E-state index in [0.717, 1.165) is 29.9 Å². The Morgan fingerprint density at radius 1 is 1.33 bits per heavy atom. The van der Waals surface area contributed by atoms with E-state index in [1.54, 1.807) is 0 Å². The van der Waals surface area contributed by atoms with E-state index in [4.69, 9.17) is 4.74 Å². The lowest BCUT2D eigenvalue weighted by Crippen LogP contribution is -2.48. The Bertz CT molecular complexity index is 496. The Kier molecular flexibility index (Phi) is 5.20. The molecule has 0 unspecified atom stereocenters. The highest BCUT2D eigenvalue weighted by molar-refractivity contribution is 5.99. The predicted octanol–water partition coefficient (Wildman–Crippen LogP) is 1.82. The number of amides is 1. The van der Waals surface area contributed by atoms with Crippen molar-refractivity contribution in [2.45, 2.75) is 26.8 Å². The molecule has 0 bridgehead atoms. The molecular formula is C16H25N3O2. The van der Waals surface area contributed by atoms with Gasteiger partial charge in [-0.25, -0.2) is 5.01 Å². The molecule has 0 saturated carbocycles. The van der Waals surface area contributed by atoms with Crippen LogP contribution in [0, 0.1) is 6.92 Å². The second-order valence-electron chi connectivity index (χ2n) is 5.77. The van der Waals surface area contributed by atoms with E-state index < -0.39 is 0 Å². The normalized spacial score (nSPS) is 16.0. The van der Waals surface area contributed by atoms with Crippen molar-refractivity contribution in [1.82, 2.24) is 10.4 Å². The third kappa shape index (κ3) is 3.95. The minimum Gasteiger partial charge on any atom is -0.379 e. The van der Waals surface area contributed by atoms with Gasteiger partial charge in [0, 0.05) is 31.9 Å². The Hall–Kier alpha value is -1.59. The number of anilines is 1. The molecule has 1 aromatic carbocycles. The molecule has 5 heteroatoms. The van der Waals surface area contributed by atoms with Crippen LogP contribution in [0.15, 0.2) is 18.2 Å². The first kappa shape index (κ1) is 15.8. The number of hydrogen-bond acceptors (Lipinski definition) is 4. The zero-order valence-corrected chi connectivity index (χ0v) is 13.3. The van der Waals surface area contributed by atoms with E-state index in [1.165, 1.54) is 0 Å². The van der Waals surface area contributed by atoms with Crippen molar-refractivity contribution in [2.24, 2.45) is 0 Å². The number of ether oxygens (including phenoxy) is 1. The molecule has 0 spiro atoms. The van der Waals surface area contributed by atoms with Crippen LogP contribution in [0.4, 0.5) is 5.69 Å². The zero-order valence-electron chi connectivity index (χ0n) is 13.3. The van der Waals surface area contributed by atoms with Crippen LogP contribution in [0.1, 0.15) is 29.8 Å². The van der Waals surface area contributed by atoms with Crippen LogP contribution >= 0.6 is 0 Å². The number of aryl methyl sites for hydroxylation is 1. The summed E-state index contributed by atoms with van der Waals surface area (Å²) in [5.41, 5.74) is 5.75. The molecule has 21 heavy (non-hydrogen) atoms. The van der Waals surface area contributed by atoms with Gasteiger partial charge in [0.25, 0.3) is 5.91 Å². The van der Waals surface area contributed by atoms with E-state index in [0.29, 0.717) is 19.3 Å². The highest BCUT2D eigenvalue weighted by Crippen LogP contribution is 2.22. The molecule has 0 atom stereocenters. The molecule has 0 aliphatic carbocycles. The average molecular weight is 291 g/mol. The van der Waals surface area contributed by atoms with Crippen molar-refractivity contribution in [1.29, 1.82) is 0 Å². The molecule has 0 radical (unpaired) electrons. The second kappa shape index (κ2) is 6.91. The fraction of sp³-hybridized carbons (Fsp3) is 0.562. The van der Waals surface area contributed by atoms with Crippen LogP contribution in [-0.4, -0.2) is 50.3 Å². The van der Waals surface area contributed by atoms with Gasteiger partial charge < -0.3 is 9.64 Å². The number of benzene rings is 1. The standard InChI is InChI=1S/C16H25N3O2/c1-12(2)18(4)15-6-5-13(3)11-14(15)16(20)17-19-7-9-21-10-8-19/h5-6,11-12H,7-10H2,1-4H3,(H,17,20). The van der Waals surface area contributed by atoms with Crippen LogP contribution in [0.2, 0.25) is 0 Å². The third-order valence-corrected chi connectivity index (χ3v) is 3.82. The number of rotatable bonds is 4. The smallest absolute Gasteiger partial charge is 0.267 e. The van der Waals surface area contributed by atoms with Gasteiger partial charge in [0.15, 0.2) is 0 Å². The number of morpholine rings is 1. The van der Waals surface area contributed by atoms with Gasteiger partial charge in [0.1, 0.15) is 0 Å². The summed E-state index contributed by atoms with van der Waals surface area (Å²) in [4.78, 5) is 14.7. The lowest BCUT2D eigenvalue weighted by molar-refractivity contribution is 0.0126. The number of carbonyl (C=O) groups is 1. The third-order valence-electron chi connectivity index (χ3n) is 3.82. The molecule has 1 N–H and O–H groups in total. The molecule has 5 nitrogen and oxygen atoms in total. The topological polar surface area (TPSA) is 44.8 Å². The maximum Gasteiger partial charge on any atom is 0.267 e. The largest absolute Gasteiger partial charge is 0.379 e. The van der Waals surface area contributed by atoms with Crippen LogP contribution in [0.5, 0.6) is 0 Å². The molecule has 2 rings (SSSR count). The summed E-state index contributed by atoms with van der Waals surface area (Å²) < 4.78 is 5.30. The number of nitrogens with one attached hydrogen (secondary N) is 1. The maximum atomic E-state index is 12.6. The van der Waals surface area contributed by atoms with Crippen LogP contribution in [-0.2, 0) is 4.74 Å². The Morgan fingerprint density at radius 3 is 2.62 bits per heavy atom. The van der Waals surface area contributed by atoms with Gasteiger partial charge in [0.05, 0.1) is 18.8 Å². The SMILES string of the molecule is Cc1ccc(N(C)C(C)C)c(C(=O)NN2CCOCC2)c1. The van der Waals surface area contributed by atoms with Crippen molar-refractivity contribution < 1.29 is 9.53 Å². The molecule has 1 fully saturated rings. The van der Waals surface area contributed by atoms with Crippen molar-refractivity contribution in [2.75, 3.05) is 38.3 Å². The first-order valence-electron chi connectivity index (χ1n) is 7.46. The van der Waals surface area contributed by atoms with Gasteiger partial charge in [-0.2, -0.15) is 0 Å². The Labute approximate surface area is 126 Å². The second-order valence-corrected chi connectivity index (χ2v) is 5.77. The minimum atomic E-state index is -0.0527. The molecule has 1 aliphatic heterocycles. The number of hydrazine groups is 1. The fourth-order valence-corrected chi connectivity index (χ4v) is 2.30. The maximum absolute atomic E-state index is 12.6. The average Bonchev–Trinajstić information content (AvgIpc) is 2.47. The van der Waals surface area contributed by atoms with Crippen molar-refractivity contribution in [3.63, 3.8) is 0 Å².